The van der Waals surface area contributed by atoms with Gasteiger partial charge in [0.2, 0.25) is 0 Å². The minimum atomic E-state index is -1.01. The largest absolute Gasteiger partial charge is 0.480 e. The average molecular weight is 311 g/mol. The van der Waals surface area contributed by atoms with Crippen LogP contribution in [0.4, 0.5) is 5.69 Å². The molecule has 0 heterocycles. The number of nitrogens with one attached hydrogen (secondary N) is 1. The molecular formula is C18H21N3O2. The lowest BCUT2D eigenvalue weighted by Gasteiger charge is -2.13. The summed E-state index contributed by atoms with van der Waals surface area (Å²) in [6.45, 7) is 0. The maximum atomic E-state index is 10.8. The zero-order valence-electron chi connectivity index (χ0n) is 13.3. The number of nitrogens with zero attached hydrogens (tertiary/aromatic N) is 1. The highest BCUT2D eigenvalue weighted by atomic mass is 16.4. The summed E-state index contributed by atoms with van der Waals surface area (Å²) in [6, 6.07) is 14.2. The molecule has 5 heteroatoms. The van der Waals surface area contributed by atoms with Gasteiger partial charge in [0.15, 0.2) is 0 Å². The molecule has 2 aromatic rings. The van der Waals surface area contributed by atoms with Gasteiger partial charge in [0.1, 0.15) is 6.04 Å². The van der Waals surface area contributed by atoms with Crippen LogP contribution in [-0.4, -0.2) is 36.9 Å². The Kier molecular flexibility index (Phi) is 5.13. The summed E-state index contributed by atoms with van der Waals surface area (Å²) >= 11 is 0. The number of carbonyl (C=O) groups is 1. The lowest BCUT2D eigenvalue weighted by Crippen LogP contribution is -2.32. The van der Waals surface area contributed by atoms with Crippen molar-refractivity contribution in [1.82, 2.24) is 0 Å². The Hall–Kier alpha value is -2.66. The van der Waals surface area contributed by atoms with Crippen LogP contribution in [0, 0.1) is 5.41 Å². The Labute approximate surface area is 135 Å². The Morgan fingerprint density at radius 2 is 1.57 bits per heavy atom. The van der Waals surface area contributed by atoms with E-state index in [1.807, 2.05) is 67.5 Å². The van der Waals surface area contributed by atoms with E-state index in [1.165, 1.54) is 0 Å². The molecule has 23 heavy (non-hydrogen) atoms. The summed E-state index contributed by atoms with van der Waals surface area (Å²) in [5, 5.41) is 17.1. The molecule has 0 aliphatic heterocycles. The topological polar surface area (TPSA) is 90.4 Å². The van der Waals surface area contributed by atoms with Crippen molar-refractivity contribution in [3.8, 4) is 0 Å². The van der Waals surface area contributed by atoms with Crippen molar-refractivity contribution in [3.63, 3.8) is 0 Å². The first kappa shape index (κ1) is 16.7. The van der Waals surface area contributed by atoms with Crippen molar-refractivity contribution in [2.45, 2.75) is 12.5 Å². The fourth-order valence-electron chi connectivity index (χ4n) is 2.24. The van der Waals surface area contributed by atoms with Gasteiger partial charge < -0.3 is 15.7 Å². The molecule has 0 saturated heterocycles. The van der Waals surface area contributed by atoms with Crippen LogP contribution >= 0.6 is 0 Å². The molecule has 2 aromatic carbocycles. The number of anilines is 1. The Morgan fingerprint density at radius 3 is 2.00 bits per heavy atom. The van der Waals surface area contributed by atoms with Gasteiger partial charge in [-0.2, -0.15) is 0 Å². The van der Waals surface area contributed by atoms with Gasteiger partial charge in [-0.25, -0.2) is 0 Å². The molecule has 0 unspecified atom stereocenters. The van der Waals surface area contributed by atoms with Crippen molar-refractivity contribution >= 4 is 17.4 Å². The van der Waals surface area contributed by atoms with Gasteiger partial charge in [0.05, 0.1) is 5.71 Å². The fourth-order valence-corrected chi connectivity index (χ4v) is 2.24. The van der Waals surface area contributed by atoms with Crippen molar-refractivity contribution in [2.75, 3.05) is 19.0 Å². The number of carboxylic acids is 1. The van der Waals surface area contributed by atoms with Crippen LogP contribution in [0.3, 0.4) is 0 Å². The van der Waals surface area contributed by atoms with Crippen LogP contribution in [0.15, 0.2) is 48.5 Å². The van der Waals surface area contributed by atoms with Gasteiger partial charge in [-0.15, -0.1) is 0 Å². The molecular weight excluding hydrogens is 290 g/mol. The average Bonchev–Trinajstić information content (AvgIpc) is 2.55. The van der Waals surface area contributed by atoms with Crippen molar-refractivity contribution in [3.05, 3.63) is 65.2 Å². The van der Waals surface area contributed by atoms with Crippen LogP contribution in [0.1, 0.15) is 16.7 Å². The molecule has 4 N–H and O–H groups in total. The van der Waals surface area contributed by atoms with Gasteiger partial charge in [-0.1, -0.05) is 36.4 Å². The molecule has 0 fully saturated rings. The first-order valence-corrected chi connectivity index (χ1v) is 7.32. The van der Waals surface area contributed by atoms with E-state index in [4.69, 9.17) is 16.2 Å². The maximum absolute atomic E-state index is 10.8. The molecule has 120 valence electrons. The molecule has 0 radical (unpaired) electrons. The quantitative estimate of drug-likeness (QED) is 0.713. The van der Waals surface area contributed by atoms with Crippen LogP contribution in [-0.2, 0) is 11.2 Å². The van der Waals surface area contributed by atoms with Gasteiger partial charge in [0, 0.05) is 30.9 Å². The van der Waals surface area contributed by atoms with Gasteiger partial charge in [-0.3, -0.25) is 10.2 Å². The van der Waals surface area contributed by atoms with E-state index in [1.54, 1.807) is 0 Å². The highest BCUT2D eigenvalue weighted by Gasteiger charge is 2.12. The third-order valence-corrected chi connectivity index (χ3v) is 3.69. The monoisotopic (exact) mass is 311 g/mol. The van der Waals surface area contributed by atoms with E-state index in [-0.39, 0.29) is 6.42 Å². The molecule has 0 spiro atoms. The molecule has 0 aliphatic carbocycles. The van der Waals surface area contributed by atoms with E-state index in [2.05, 4.69) is 0 Å². The molecule has 1 atom stereocenters. The van der Waals surface area contributed by atoms with E-state index in [0.29, 0.717) is 5.71 Å². The molecule has 0 aromatic heterocycles. The molecule has 0 bridgehead atoms. The van der Waals surface area contributed by atoms with Crippen molar-refractivity contribution in [1.29, 1.82) is 5.41 Å². The Morgan fingerprint density at radius 1 is 1.09 bits per heavy atom. The van der Waals surface area contributed by atoms with Gasteiger partial charge in [0.25, 0.3) is 0 Å². The fraction of sp³-hybridized carbons (Fsp3) is 0.222. The second-order valence-electron chi connectivity index (χ2n) is 5.66. The number of aliphatic carboxylic acids is 1. The SMILES string of the molecule is CN(C)c1ccc(C(=N)c2ccc(C[C@H](N)C(=O)O)cc2)cc1. The smallest absolute Gasteiger partial charge is 0.320 e. The Balaban J connectivity index is 2.12. The number of hydrogen-bond donors (Lipinski definition) is 3. The number of nitrogens with two attached hydrogens (primary N) is 1. The lowest BCUT2D eigenvalue weighted by atomic mass is 9.99. The first-order chi connectivity index (χ1) is 10.9. The van der Waals surface area contributed by atoms with E-state index >= 15 is 0 Å². The first-order valence-electron chi connectivity index (χ1n) is 7.32. The van der Waals surface area contributed by atoms with Crippen molar-refractivity contribution < 1.29 is 9.90 Å². The summed E-state index contributed by atoms with van der Waals surface area (Å²) in [5.41, 5.74) is 9.52. The predicted octanol–water partition coefficient (Wildman–Crippen LogP) is 2.12. The lowest BCUT2D eigenvalue weighted by molar-refractivity contribution is -0.138. The van der Waals surface area contributed by atoms with E-state index in [0.717, 1.165) is 22.4 Å². The number of hydrogen-bond acceptors (Lipinski definition) is 4. The highest BCUT2D eigenvalue weighted by molar-refractivity contribution is 6.10. The summed E-state index contributed by atoms with van der Waals surface area (Å²) in [7, 11) is 3.95. The van der Waals surface area contributed by atoms with Gasteiger partial charge >= 0.3 is 5.97 Å². The van der Waals surface area contributed by atoms with Crippen LogP contribution in [0.2, 0.25) is 0 Å². The number of benzene rings is 2. The van der Waals surface area contributed by atoms with Crippen LogP contribution < -0.4 is 10.6 Å². The second kappa shape index (κ2) is 7.07. The standard InChI is InChI=1S/C18H21N3O2/c1-21(2)15-9-7-14(8-10-15)17(20)13-5-3-12(4-6-13)11-16(19)18(22)23/h3-10,16,20H,11,19H2,1-2H3,(H,22,23)/t16-/m0/s1. The van der Waals surface area contributed by atoms with Crippen LogP contribution in [0.25, 0.3) is 0 Å². The minimum Gasteiger partial charge on any atom is -0.480 e. The molecule has 0 saturated carbocycles. The zero-order valence-corrected chi connectivity index (χ0v) is 13.3. The number of rotatable bonds is 6. The maximum Gasteiger partial charge on any atom is 0.320 e. The minimum absolute atomic E-state index is 0.278. The van der Waals surface area contributed by atoms with Crippen LogP contribution in [0.5, 0.6) is 0 Å². The molecule has 2 rings (SSSR count). The third-order valence-electron chi connectivity index (χ3n) is 3.69. The summed E-state index contributed by atoms with van der Waals surface area (Å²) in [6.07, 6.45) is 0.278. The van der Waals surface area contributed by atoms with E-state index < -0.39 is 12.0 Å². The normalized spacial score (nSPS) is 11.8. The predicted molar refractivity (Wildman–Crippen MR) is 92.5 cm³/mol. The highest BCUT2D eigenvalue weighted by Crippen LogP contribution is 2.16. The number of carboxylic acid groups (broad SMARTS) is 1. The Bertz CT molecular complexity index is 691. The summed E-state index contributed by atoms with van der Waals surface area (Å²) < 4.78 is 0. The third kappa shape index (κ3) is 4.17. The summed E-state index contributed by atoms with van der Waals surface area (Å²) in [4.78, 5) is 12.8. The van der Waals surface area contributed by atoms with Crippen molar-refractivity contribution in [2.24, 2.45) is 5.73 Å². The van der Waals surface area contributed by atoms with E-state index in [9.17, 15) is 4.79 Å². The summed E-state index contributed by atoms with van der Waals surface area (Å²) in [5.74, 6) is -1.01. The molecule has 5 nitrogen and oxygen atoms in total. The molecule has 0 amide bonds. The molecule has 0 aliphatic rings. The van der Waals surface area contributed by atoms with Gasteiger partial charge in [-0.05, 0) is 24.1 Å². The second-order valence-corrected chi connectivity index (χ2v) is 5.66. The zero-order chi connectivity index (χ0) is 17.0.